The fourth-order valence-corrected chi connectivity index (χ4v) is 2.89. The van der Waals surface area contributed by atoms with E-state index in [4.69, 9.17) is 0 Å². The lowest BCUT2D eigenvalue weighted by Gasteiger charge is -2.42. The van der Waals surface area contributed by atoms with Crippen molar-refractivity contribution in [2.24, 2.45) is 5.41 Å². The maximum absolute atomic E-state index is 3.58. The van der Waals surface area contributed by atoms with Gasteiger partial charge in [0.25, 0.3) is 0 Å². The zero-order valence-corrected chi connectivity index (χ0v) is 12.6. The van der Waals surface area contributed by atoms with Crippen LogP contribution in [0, 0.1) is 5.41 Å². The standard InChI is InChI=1S/C15H32N2/c1-6-14(3,4)17(5)13-15(12-16-7-2)10-8-9-11-15/h16H,6-13H2,1-5H3. The second kappa shape index (κ2) is 6.19. The molecule has 1 rings (SSSR count). The van der Waals surface area contributed by atoms with Gasteiger partial charge in [0.05, 0.1) is 0 Å². The molecule has 102 valence electrons. The number of hydrogen-bond acceptors (Lipinski definition) is 2. The minimum absolute atomic E-state index is 0.335. The highest BCUT2D eigenvalue weighted by molar-refractivity contribution is 4.91. The van der Waals surface area contributed by atoms with Gasteiger partial charge in [0, 0.05) is 18.6 Å². The summed E-state index contributed by atoms with van der Waals surface area (Å²) in [5, 5.41) is 3.58. The average Bonchev–Trinajstić information content (AvgIpc) is 2.75. The molecule has 0 aromatic rings. The van der Waals surface area contributed by atoms with Gasteiger partial charge in [-0.25, -0.2) is 0 Å². The van der Waals surface area contributed by atoms with Gasteiger partial charge < -0.3 is 10.2 Å². The van der Waals surface area contributed by atoms with Crippen molar-refractivity contribution >= 4 is 0 Å². The van der Waals surface area contributed by atoms with E-state index in [1.807, 2.05) is 0 Å². The van der Waals surface area contributed by atoms with E-state index in [1.54, 1.807) is 0 Å². The van der Waals surface area contributed by atoms with Crippen LogP contribution in [-0.2, 0) is 0 Å². The van der Waals surface area contributed by atoms with Crippen LogP contribution in [0.3, 0.4) is 0 Å². The lowest BCUT2D eigenvalue weighted by molar-refractivity contribution is 0.0832. The van der Waals surface area contributed by atoms with Gasteiger partial charge in [-0.2, -0.15) is 0 Å². The summed E-state index contributed by atoms with van der Waals surface area (Å²) < 4.78 is 0. The third-order valence-electron chi connectivity index (χ3n) is 4.89. The number of rotatable bonds is 7. The van der Waals surface area contributed by atoms with Crippen molar-refractivity contribution in [2.75, 3.05) is 26.7 Å². The van der Waals surface area contributed by atoms with Gasteiger partial charge in [-0.05, 0) is 52.1 Å². The van der Waals surface area contributed by atoms with Crippen molar-refractivity contribution in [3.8, 4) is 0 Å². The van der Waals surface area contributed by atoms with E-state index in [9.17, 15) is 0 Å². The molecule has 17 heavy (non-hydrogen) atoms. The Hall–Kier alpha value is -0.0800. The predicted molar refractivity (Wildman–Crippen MR) is 76.4 cm³/mol. The van der Waals surface area contributed by atoms with Crippen LogP contribution in [-0.4, -0.2) is 37.1 Å². The molecule has 0 aromatic carbocycles. The molecule has 1 aliphatic carbocycles. The molecule has 0 amide bonds. The molecule has 1 aliphatic rings. The summed E-state index contributed by atoms with van der Waals surface area (Å²) in [6.07, 6.45) is 6.88. The molecule has 2 nitrogen and oxygen atoms in total. The molecule has 1 fully saturated rings. The fourth-order valence-electron chi connectivity index (χ4n) is 2.89. The molecule has 1 N–H and O–H groups in total. The summed E-state index contributed by atoms with van der Waals surface area (Å²) in [6.45, 7) is 12.8. The van der Waals surface area contributed by atoms with Crippen molar-refractivity contribution in [3.63, 3.8) is 0 Å². The molecule has 0 atom stereocenters. The van der Waals surface area contributed by atoms with Crippen LogP contribution in [0.25, 0.3) is 0 Å². The summed E-state index contributed by atoms with van der Waals surface area (Å²) in [6, 6.07) is 0. The fraction of sp³-hybridized carbons (Fsp3) is 1.00. The zero-order chi connectivity index (χ0) is 12.9. The first-order valence-electron chi connectivity index (χ1n) is 7.38. The van der Waals surface area contributed by atoms with Crippen LogP contribution >= 0.6 is 0 Å². The molecule has 0 spiro atoms. The van der Waals surface area contributed by atoms with Gasteiger partial charge in [-0.3, -0.25) is 0 Å². The predicted octanol–water partition coefficient (Wildman–Crippen LogP) is 3.28. The Bertz CT molecular complexity index is 217. The highest BCUT2D eigenvalue weighted by atomic mass is 15.2. The topological polar surface area (TPSA) is 15.3 Å². The van der Waals surface area contributed by atoms with E-state index in [0.717, 1.165) is 6.54 Å². The average molecular weight is 240 g/mol. The third kappa shape index (κ3) is 3.96. The molecule has 2 heteroatoms. The van der Waals surface area contributed by atoms with E-state index >= 15 is 0 Å². The highest BCUT2D eigenvalue weighted by Gasteiger charge is 2.36. The lowest BCUT2D eigenvalue weighted by Crippen LogP contribution is -2.49. The smallest absolute Gasteiger partial charge is 0.0147 e. The molecule has 0 radical (unpaired) electrons. The summed E-state index contributed by atoms with van der Waals surface area (Å²) in [7, 11) is 2.30. The van der Waals surface area contributed by atoms with Crippen LogP contribution < -0.4 is 5.32 Å². The van der Waals surface area contributed by atoms with Crippen molar-refractivity contribution in [1.29, 1.82) is 0 Å². The Morgan fingerprint density at radius 1 is 1.18 bits per heavy atom. The van der Waals surface area contributed by atoms with Gasteiger partial charge in [0.1, 0.15) is 0 Å². The van der Waals surface area contributed by atoms with Gasteiger partial charge >= 0.3 is 0 Å². The molecule has 0 unspecified atom stereocenters. The molecule has 0 bridgehead atoms. The van der Waals surface area contributed by atoms with E-state index in [0.29, 0.717) is 11.0 Å². The molecule has 0 aliphatic heterocycles. The number of hydrogen-bond donors (Lipinski definition) is 1. The Morgan fingerprint density at radius 3 is 2.24 bits per heavy atom. The Balaban J connectivity index is 2.60. The van der Waals surface area contributed by atoms with Gasteiger partial charge in [-0.1, -0.05) is 26.7 Å². The minimum Gasteiger partial charge on any atom is -0.316 e. The second-order valence-electron chi connectivity index (χ2n) is 6.51. The quantitative estimate of drug-likeness (QED) is 0.735. The van der Waals surface area contributed by atoms with Crippen LogP contribution in [0.5, 0.6) is 0 Å². The zero-order valence-electron chi connectivity index (χ0n) is 12.6. The largest absolute Gasteiger partial charge is 0.316 e. The second-order valence-corrected chi connectivity index (χ2v) is 6.51. The van der Waals surface area contributed by atoms with Gasteiger partial charge in [0.2, 0.25) is 0 Å². The Labute approximate surface area is 108 Å². The van der Waals surface area contributed by atoms with Crippen LogP contribution in [0.1, 0.15) is 59.8 Å². The van der Waals surface area contributed by atoms with Crippen LogP contribution in [0.15, 0.2) is 0 Å². The lowest BCUT2D eigenvalue weighted by atomic mass is 9.83. The maximum Gasteiger partial charge on any atom is 0.0147 e. The molecule has 1 saturated carbocycles. The first-order chi connectivity index (χ1) is 7.96. The maximum atomic E-state index is 3.58. The van der Waals surface area contributed by atoms with Crippen LogP contribution in [0.2, 0.25) is 0 Å². The Morgan fingerprint density at radius 2 is 1.76 bits per heavy atom. The van der Waals surface area contributed by atoms with E-state index in [1.165, 1.54) is 45.2 Å². The molecular formula is C15H32N2. The van der Waals surface area contributed by atoms with E-state index in [-0.39, 0.29) is 0 Å². The van der Waals surface area contributed by atoms with Crippen LogP contribution in [0.4, 0.5) is 0 Å². The SMILES string of the molecule is CCNCC1(CN(C)C(C)(C)CC)CCCC1. The van der Waals surface area contributed by atoms with Crippen molar-refractivity contribution < 1.29 is 0 Å². The van der Waals surface area contributed by atoms with Gasteiger partial charge in [0.15, 0.2) is 0 Å². The summed E-state index contributed by atoms with van der Waals surface area (Å²) in [5.74, 6) is 0. The molecule has 0 saturated heterocycles. The van der Waals surface area contributed by atoms with E-state index < -0.39 is 0 Å². The summed E-state index contributed by atoms with van der Waals surface area (Å²) >= 11 is 0. The van der Waals surface area contributed by atoms with Crippen molar-refractivity contribution in [3.05, 3.63) is 0 Å². The first kappa shape index (κ1) is 15.0. The molecular weight excluding hydrogens is 208 g/mol. The third-order valence-corrected chi connectivity index (χ3v) is 4.89. The highest BCUT2D eigenvalue weighted by Crippen LogP contribution is 2.39. The monoisotopic (exact) mass is 240 g/mol. The number of nitrogens with zero attached hydrogens (tertiary/aromatic N) is 1. The minimum atomic E-state index is 0.335. The van der Waals surface area contributed by atoms with Gasteiger partial charge in [-0.15, -0.1) is 0 Å². The van der Waals surface area contributed by atoms with Crippen molar-refractivity contribution in [2.45, 2.75) is 65.3 Å². The normalized spacial score (nSPS) is 20.1. The number of nitrogens with one attached hydrogen (secondary N) is 1. The summed E-state index contributed by atoms with van der Waals surface area (Å²) in [4.78, 5) is 2.58. The molecule has 0 aromatic heterocycles. The first-order valence-corrected chi connectivity index (χ1v) is 7.38. The summed E-state index contributed by atoms with van der Waals surface area (Å²) in [5.41, 5.74) is 0.874. The van der Waals surface area contributed by atoms with E-state index in [2.05, 4.69) is 45.0 Å². The Kier molecular flexibility index (Phi) is 5.46. The molecule has 0 heterocycles. The van der Waals surface area contributed by atoms with Crippen molar-refractivity contribution in [1.82, 2.24) is 10.2 Å².